The van der Waals surface area contributed by atoms with Crippen LogP contribution in [0.15, 0.2) is 67.0 Å². The van der Waals surface area contributed by atoms with Crippen LogP contribution >= 0.6 is 0 Å². The molecular weight excluding hydrogens is 316 g/mol. The molecule has 0 unspecified atom stereocenters. The number of rotatable bonds is 5. The van der Waals surface area contributed by atoms with Crippen molar-refractivity contribution >= 4 is 11.4 Å². The third-order valence-electron chi connectivity index (χ3n) is 3.77. The van der Waals surface area contributed by atoms with Crippen LogP contribution in [0.1, 0.15) is 11.1 Å². The van der Waals surface area contributed by atoms with Crippen molar-refractivity contribution in [2.24, 2.45) is 0 Å². The van der Waals surface area contributed by atoms with E-state index in [9.17, 15) is 10.1 Å². The van der Waals surface area contributed by atoms with E-state index in [0.29, 0.717) is 12.2 Å². The van der Waals surface area contributed by atoms with E-state index in [4.69, 9.17) is 5.26 Å². The first-order valence-electron chi connectivity index (χ1n) is 7.59. The number of benzene rings is 2. The maximum atomic E-state index is 10.8. The topological polar surface area (TPSA) is 91.8 Å². The standard InChI is InChI=1S/C19H14N4O2/c20-11-17-10-18(23(24)25)7-8-19(17)22-12-14-3-5-15(6-4-14)16-2-1-9-21-13-16/h1-10,13,22H,12H2. The lowest BCUT2D eigenvalue weighted by atomic mass is 10.1. The molecule has 0 radical (unpaired) electrons. The summed E-state index contributed by atoms with van der Waals surface area (Å²) in [6, 6.07) is 18.1. The zero-order valence-electron chi connectivity index (χ0n) is 13.2. The highest BCUT2D eigenvalue weighted by molar-refractivity contribution is 5.63. The molecular formula is C19H14N4O2. The third kappa shape index (κ3) is 3.79. The van der Waals surface area contributed by atoms with Gasteiger partial charge in [-0.25, -0.2) is 0 Å². The van der Waals surface area contributed by atoms with Gasteiger partial charge in [-0.1, -0.05) is 30.3 Å². The molecule has 1 N–H and O–H groups in total. The van der Waals surface area contributed by atoms with Gasteiger partial charge in [-0.3, -0.25) is 15.1 Å². The van der Waals surface area contributed by atoms with Gasteiger partial charge in [0.2, 0.25) is 0 Å². The summed E-state index contributed by atoms with van der Waals surface area (Å²) in [6.45, 7) is 0.514. The Bertz CT molecular complexity index is 932. The van der Waals surface area contributed by atoms with E-state index in [2.05, 4.69) is 10.3 Å². The van der Waals surface area contributed by atoms with Crippen molar-refractivity contribution in [1.82, 2.24) is 4.98 Å². The highest BCUT2D eigenvalue weighted by Gasteiger charge is 2.10. The second kappa shape index (κ2) is 7.23. The number of nitriles is 1. The predicted molar refractivity (Wildman–Crippen MR) is 94.8 cm³/mol. The molecule has 0 saturated heterocycles. The van der Waals surface area contributed by atoms with Gasteiger partial charge < -0.3 is 5.32 Å². The lowest BCUT2D eigenvalue weighted by molar-refractivity contribution is -0.384. The predicted octanol–water partition coefficient (Wildman–Crippen LogP) is 4.14. The minimum atomic E-state index is -0.512. The largest absolute Gasteiger partial charge is 0.380 e. The van der Waals surface area contributed by atoms with Gasteiger partial charge in [0.1, 0.15) is 6.07 Å². The molecule has 6 nitrogen and oxygen atoms in total. The minimum Gasteiger partial charge on any atom is -0.380 e. The van der Waals surface area contributed by atoms with Gasteiger partial charge in [-0.2, -0.15) is 5.26 Å². The van der Waals surface area contributed by atoms with Crippen LogP contribution in [0.4, 0.5) is 11.4 Å². The SMILES string of the molecule is N#Cc1cc([N+](=O)[O-])ccc1NCc1ccc(-c2cccnc2)cc1. The van der Waals surface area contributed by atoms with Crippen LogP contribution in [0.3, 0.4) is 0 Å². The number of nitrogens with zero attached hydrogens (tertiary/aromatic N) is 3. The van der Waals surface area contributed by atoms with Crippen molar-refractivity contribution in [3.8, 4) is 17.2 Å². The summed E-state index contributed by atoms with van der Waals surface area (Å²) in [4.78, 5) is 14.4. The van der Waals surface area contributed by atoms with E-state index in [1.54, 1.807) is 12.3 Å². The van der Waals surface area contributed by atoms with Crippen molar-refractivity contribution in [3.63, 3.8) is 0 Å². The van der Waals surface area contributed by atoms with Gasteiger partial charge in [0, 0.05) is 31.1 Å². The Kier molecular flexibility index (Phi) is 4.67. The Balaban J connectivity index is 1.72. The molecule has 122 valence electrons. The first-order chi connectivity index (χ1) is 12.2. The molecule has 6 heteroatoms. The molecule has 2 aromatic carbocycles. The van der Waals surface area contributed by atoms with E-state index in [1.165, 1.54) is 12.1 Å². The molecule has 0 fully saturated rings. The van der Waals surface area contributed by atoms with E-state index in [0.717, 1.165) is 16.7 Å². The number of hydrogen-bond donors (Lipinski definition) is 1. The lowest BCUT2D eigenvalue weighted by Crippen LogP contribution is -2.02. The Labute approximate surface area is 144 Å². The molecule has 0 bridgehead atoms. The Morgan fingerprint density at radius 1 is 1.12 bits per heavy atom. The first kappa shape index (κ1) is 16.1. The molecule has 0 aliphatic carbocycles. The third-order valence-corrected chi connectivity index (χ3v) is 3.77. The maximum absolute atomic E-state index is 10.8. The monoisotopic (exact) mass is 330 g/mol. The molecule has 0 aliphatic rings. The molecule has 0 atom stereocenters. The summed E-state index contributed by atoms with van der Waals surface area (Å²) in [6.07, 6.45) is 3.54. The van der Waals surface area contributed by atoms with Gasteiger partial charge in [-0.15, -0.1) is 0 Å². The molecule has 0 amide bonds. The number of anilines is 1. The fourth-order valence-electron chi connectivity index (χ4n) is 2.44. The van der Waals surface area contributed by atoms with Crippen LogP contribution in [0.5, 0.6) is 0 Å². The smallest absolute Gasteiger partial charge is 0.270 e. The minimum absolute atomic E-state index is 0.0945. The van der Waals surface area contributed by atoms with Crippen molar-refractivity contribution in [3.05, 3.63) is 88.2 Å². The summed E-state index contributed by atoms with van der Waals surface area (Å²) in [5.41, 5.74) is 3.89. The maximum Gasteiger partial charge on any atom is 0.270 e. The Morgan fingerprint density at radius 2 is 1.92 bits per heavy atom. The Morgan fingerprint density at radius 3 is 2.56 bits per heavy atom. The molecule has 1 aromatic heterocycles. The van der Waals surface area contributed by atoms with Crippen LogP contribution in [0.2, 0.25) is 0 Å². The van der Waals surface area contributed by atoms with E-state index in [-0.39, 0.29) is 11.3 Å². The van der Waals surface area contributed by atoms with Gasteiger partial charge in [0.15, 0.2) is 0 Å². The van der Waals surface area contributed by atoms with Gasteiger partial charge in [0.05, 0.1) is 16.2 Å². The summed E-state index contributed by atoms with van der Waals surface area (Å²) in [7, 11) is 0. The molecule has 0 saturated carbocycles. The number of aromatic nitrogens is 1. The number of nitro groups is 1. The summed E-state index contributed by atoms with van der Waals surface area (Å²) in [5.74, 6) is 0. The quantitative estimate of drug-likeness (QED) is 0.560. The lowest BCUT2D eigenvalue weighted by Gasteiger charge is -2.09. The second-order valence-corrected chi connectivity index (χ2v) is 5.39. The molecule has 1 heterocycles. The summed E-state index contributed by atoms with van der Waals surface area (Å²) >= 11 is 0. The molecule has 0 aliphatic heterocycles. The number of nitrogens with one attached hydrogen (secondary N) is 1. The number of pyridine rings is 1. The van der Waals surface area contributed by atoms with Crippen LogP contribution in [-0.4, -0.2) is 9.91 Å². The molecule has 3 aromatic rings. The van der Waals surface area contributed by atoms with Crippen molar-refractivity contribution in [2.45, 2.75) is 6.54 Å². The second-order valence-electron chi connectivity index (χ2n) is 5.39. The van der Waals surface area contributed by atoms with Crippen molar-refractivity contribution in [1.29, 1.82) is 5.26 Å². The average molecular weight is 330 g/mol. The van der Waals surface area contributed by atoms with Gasteiger partial charge in [-0.05, 0) is 28.8 Å². The normalized spacial score (nSPS) is 10.0. The molecule has 0 spiro atoms. The average Bonchev–Trinajstić information content (AvgIpc) is 2.67. The number of nitro benzene ring substituents is 1. The van der Waals surface area contributed by atoms with Crippen LogP contribution in [0, 0.1) is 21.4 Å². The summed E-state index contributed by atoms with van der Waals surface area (Å²) in [5, 5.41) is 23.1. The van der Waals surface area contributed by atoms with Gasteiger partial charge >= 0.3 is 0 Å². The zero-order valence-corrected chi connectivity index (χ0v) is 13.2. The fraction of sp³-hybridized carbons (Fsp3) is 0.0526. The molecule has 25 heavy (non-hydrogen) atoms. The highest BCUT2D eigenvalue weighted by atomic mass is 16.6. The molecule has 3 rings (SSSR count). The van der Waals surface area contributed by atoms with Crippen LogP contribution < -0.4 is 5.32 Å². The highest BCUT2D eigenvalue weighted by Crippen LogP contribution is 2.23. The number of non-ortho nitro benzene ring substituents is 1. The number of hydrogen-bond acceptors (Lipinski definition) is 5. The van der Waals surface area contributed by atoms with Crippen molar-refractivity contribution < 1.29 is 4.92 Å². The van der Waals surface area contributed by atoms with Crippen LogP contribution in [-0.2, 0) is 6.54 Å². The first-order valence-corrected chi connectivity index (χ1v) is 7.59. The van der Waals surface area contributed by atoms with E-state index in [1.807, 2.05) is 48.7 Å². The van der Waals surface area contributed by atoms with Crippen molar-refractivity contribution in [2.75, 3.05) is 5.32 Å². The zero-order chi connectivity index (χ0) is 17.6. The summed E-state index contributed by atoms with van der Waals surface area (Å²) < 4.78 is 0. The van der Waals surface area contributed by atoms with E-state index >= 15 is 0 Å². The van der Waals surface area contributed by atoms with Crippen LogP contribution in [0.25, 0.3) is 11.1 Å². The Hall–Kier alpha value is -3.72. The fourth-order valence-corrected chi connectivity index (χ4v) is 2.44. The van der Waals surface area contributed by atoms with E-state index < -0.39 is 4.92 Å². The van der Waals surface area contributed by atoms with Gasteiger partial charge in [0.25, 0.3) is 5.69 Å².